The van der Waals surface area contributed by atoms with Crippen LogP contribution in [0.15, 0.2) is 12.4 Å². The molecule has 1 fully saturated rings. The molecule has 0 aromatic carbocycles. The van der Waals surface area contributed by atoms with Crippen LogP contribution >= 0.6 is 0 Å². The number of nitrogens with zero attached hydrogens (tertiary/aromatic N) is 1. The van der Waals surface area contributed by atoms with Crippen molar-refractivity contribution < 1.29 is 14.6 Å². The molecule has 0 atom stereocenters. The molecule has 0 radical (unpaired) electrons. The Hall–Kier alpha value is -1.58. The van der Waals surface area contributed by atoms with Crippen molar-refractivity contribution in [1.29, 1.82) is 0 Å². The van der Waals surface area contributed by atoms with Crippen molar-refractivity contribution in [3.8, 4) is 5.75 Å². The predicted molar refractivity (Wildman–Crippen MR) is 54.2 cm³/mol. The van der Waals surface area contributed by atoms with Crippen molar-refractivity contribution in [1.82, 2.24) is 4.98 Å². The largest absolute Gasteiger partial charge is 0.488 e. The number of pyridine rings is 1. The van der Waals surface area contributed by atoms with Crippen molar-refractivity contribution in [2.24, 2.45) is 0 Å². The molecule has 1 aromatic rings. The van der Waals surface area contributed by atoms with Crippen LogP contribution in [0.1, 0.15) is 35.7 Å². The zero-order valence-electron chi connectivity index (χ0n) is 8.56. The summed E-state index contributed by atoms with van der Waals surface area (Å²) in [7, 11) is 0. The standard InChI is InChI=1S/C11H13NO3/c1-2-8-9(11(13)14)5-12-6-10(8)15-7-3-4-7/h5-7H,2-4H2,1H3,(H,13,14). The van der Waals surface area contributed by atoms with Crippen LogP contribution in [0.5, 0.6) is 5.75 Å². The summed E-state index contributed by atoms with van der Waals surface area (Å²) in [5, 5.41) is 8.98. The van der Waals surface area contributed by atoms with Gasteiger partial charge < -0.3 is 9.84 Å². The van der Waals surface area contributed by atoms with Gasteiger partial charge in [0.15, 0.2) is 0 Å². The Kier molecular flexibility index (Phi) is 2.58. The highest BCUT2D eigenvalue weighted by atomic mass is 16.5. The first-order valence-corrected chi connectivity index (χ1v) is 5.09. The first-order chi connectivity index (χ1) is 7.22. The molecule has 15 heavy (non-hydrogen) atoms. The van der Waals surface area contributed by atoms with Crippen LogP contribution in [-0.2, 0) is 6.42 Å². The quantitative estimate of drug-likeness (QED) is 0.818. The average Bonchev–Trinajstić information content (AvgIpc) is 3.01. The van der Waals surface area contributed by atoms with Gasteiger partial charge in [-0.05, 0) is 19.3 Å². The van der Waals surface area contributed by atoms with E-state index in [0.717, 1.165) is 18.4 Å². The highest BCUT2D eigenvalue weighted by Gasteiger charge is 2.25. The molecule has 0 amide bonds. The van der Waals surface area contributed by atoms with E-state index < -0.39 is 5.97 Å². The van der Waals surface area contributed by atoms with Gasteiger partial charge in [-0.15, -0.1) is 0 Å². The maximum absolute atomic E-state index is 10.9. The van der Waals surface area contributed by atoms with E-state index in [1.807, 2.05) is 6.92 Å². The third kappa shape index (κ3) is 2.09. The van der Waals surface area contributed by atoms with Gasteiger partial charge >= 0.3 is 5.97 Å². The van der Waals surface area contributed by atoms with Gasteiger partial charge in [0.25, 0.3) is 0 Å². The van der Waals surface area contributed by atoms with Crippen molar-refractivity contribution in [2.75, 3.05) is 0 Å². The Bertz CT molecular complexity index is 385. The molecule has 0 unspecified atom stereocenters. The van der Waals surface area contributed by atoms with Crippen LogP contribution in [0.25, 0.3) is 0 Å². The van der Waals surface area contributed by atoms with E-state index in [-0.39, 0.29) is 11.7 Å². The fraction of sp³-hybridized carbons (Fsp3) is 0.455. The lowest BCUT2D eigenvalue weighted by molar-refractivity contribution is 0.0694. The summed E-state index contributed by atoms with van der Waals surface area (Å²) in [4.78, 5) is 14.8. The summed E-state index contributed by atoms with van der Waals surface area (Å²) in [5.41, 5.74) is 0.986. The zero-order chi connectivity index (χ0) is 10.8. The topological polar surface area (TPSA) is 59.4 Å². The maximum atomic E-state index is 10.9. The molecule has 0 aliphatic heterocycles. The van der Waals surface area contributed by atoms with Gasteiger partial charge in [0.05, 0.1) is 17.9 Å². The first-order valence-electron chi connectivity index (χ1n) is 5.09. The summed E-state index contributed by atoms with van der Waals surface area (Å²) >= 11 is 0. The molecule has 1 heterocycles. The van der Waals surface area contributed by atoms with E-state index in [1.54, 1.807) is 6.20 Å². The second-order valence-electron chi connectivity index (χ2n) is 3.64. The molecule has 4 nitrogen and oxygen atoms in total. The fourth-order valence-electron chi connectivity index (χ4n) is 1.48. The van der Waals surface area contributed by atoms with Crippen molar-refractivity contribution in [3.63, 3.8) is 0 Å². The summed E-state index contributed by atoms with van der Waals surface area (Å²) in [6.45, 7) is 1.92. The van der Waals surface area contributed by atoms with E-state index in [4.69, 9.17) is 9.84 Å². The third-order valence-electron chi connectivity index (χ3n) is 2.42. The molecule has 0 saturated heterocycles. The predicted octanol–water partition coefficient (Wildman–Crippen LogP) is 1.88. The van der Waals surface area contributed by atoms with Crippen molar-refractivity contribution in [3.05, 3.63) is 23.5 Å². The normalized spacial score (nSPS) is 15.0. The highest BCUT2D eigenvalue weighted by molar-refractivity contribution is 5.89. The Morgan fingerprint density at radius 1 is 1.60 bits per heavy atom. The number of carboxylic acid groups (broad SMARTS) is 1. The monoisotopic (exact) mass is 207 g/mol. The number of aromatic nitrogens is 1. The van der Waals surface area contributed by atoms with E-state index in [9.17, 15) is 4.79 Å². The average molecular weight is 207 g/mol. The zero-order valence-corrected chi connectivity index (χ0v) is 8.56. The molecular weight excluding hydrogens is 194 g/mol. The van der Waals surface area contributed by atoms with Crippen molar-refractivity contribution >= 4 is 5.97 Å². The van der Waals surface area contributed by atoms with Crippen LogP contribution in [0.2, 0.25) is 0 Å². The number of hydrogen-bond acceptors (Lipinski definition) is 3. The van der Waals surface area contributed by atoms with Crippen LogP contribution < -0.4 is 4.74 Å². The Morgan fingerprint density at radius 2 is 2.33 bits per heavy atom. The molecule has 2 rings (SSSR count). The summed E-state index contributed by atoms with van der Waals surface area (Å²) < 4.78 is 5.61. The van der Waals surface area contributed by atoms with Gasteiger partial charge in [0.1, 0.15) is 5.75 Å². The lowest BCUT2D eigenvalue weighted by Gasteiger charge is -2.10. The molecule has 0 bridgehead atoms. The summed E-state index contributed by atoms with van der Waals surface area (Å²) in [5.74, 6) is -0.319. The smallest absolute Gasteiger partial charge is 0.337 e. The van der Waals surface area contributed by atoms with E-state index in [2.05, 4.69) is 4.98 Å². The highest BCUT2D eigenvalue weighted by Crippen LogP contribution is 2.30. The minimum atomic E-state index is -0.944. The molecule has 4 heteroatoms. The number of aromatic carboxylic acids is 1. The SMILES string of the molecule is CCc1c(OC2CC2)cncc1C(=O)O. The van der Waals surface area contributed by atoms with Gasteiger partial charge in [0, 0.05) is 11.8 Å². The van der Waals surface area contributed by atoms with Crippen LogP contribution in [0, 0.1) is 0 Å². The fourth-order valence-corrected chi connectivity index (χ4v) is 1.48. The lowest BCUT2D eigenvalue weighted by atomic mass is 10.1. The van der Waals surface area contributed by atoms with Crippen LogP contribution in [-0.4, -0.2) is 22.2 Å². The number of carboxylic acids is 1. The minimum Gasteiger partial charge on any atom is -0.488 e. The molecule has 1 saturated carbocycles. The molecular formula is C11H13NO3. The van der Waals surface area contributed by atoms with Crippen LogP contribution in [0.4, 0.5) is 0 Å². The van der Waals surface area contributed by atoms with Gasteiger partial charge in [-0.1, -0.05) is 6.92 Å². The number of rotatable bonds is 4. The Balaban J connectivity index is 2.34. The van der Waals surface area contributed by atoms with E-state index in [1.165, 1.54) is 6.20 Å². The summed E-state index contributed by atoms with van der Waals surface area (Å²) in [6.07, 6.45) is 6.00. The lowest BCUT2D eigenvalue weighted by Crippen LogP contribution is -2.07. The number of hydrogen-bond donors (Lipinski definition) is 1. The van der Waals surface area contributed by atoms with Gasteiger partial charge in [-0.25, -0.2) is 4.79 Å². The second kappa shape index (κ2) is 3.88. The number of ether oxygens (including phenoxy) is 1. The molecule has 1 aromatic heterocycles. The first kappa shape index (κ1) is 9.96. The van der Waals surface area contributed by atoms with Gasteiger partial charge in [0.2, 0.25) is 0 Å². The third-order valence-corrected chi connectivity index (χ3v) is 2.42. The van der Waals surface area contributed by atoms with Crippen LogP contribution in [0.3, 0.4) is 0 Å². The molecule has 1 N–H and O–H groups in total. The number of carbonyl (C=O) groups is 1. The maximum Gasteiger partial charge on any atom is 0.337 e. The molecule has 1 aliphatic rings. The minimum absolute atomic E-state index is 0.246. The Labute approximate surface area is 87.9 Å². The molecule has 1 aliphatic carbocycles. The Morgan fingerprint density at radius 3 is 2.87 bits per heavy atom. The van der Waals surface area contributed by atoms with Crippen molar-refractivity contribution in [2.45, 2.75) is 32.3 Å². The van der Waals surface area contributed by atoms with E-state index >= 15 is 0 Å². The molecule has 0 spiro atoms. The molecule has 80 valence electrons. The van der Waals surface area contributed by atoms with E-state index in [0.29, 0.717) is 12.2 Å². The summed E-state index contributed by atoms with van der Waals surface area (Å²) in [6, 6.07) is 0. The van der Waals surface area contributed by atoms with Gasteiger partial charge in [-0.3, -0.25) is 4.98 Å². The second-order valence-corrected chi connectivity index (χ2v) is 3.64. The van der Waals surface area contributed by atoms with Gasteiger partial charge in [-0.2, -0.15) is 0 Å².